The summed E-state index contributed by atoms with van der Waals surface area (Å²) in [5, 5.41) is 5.79. The third-order valence-corrected chi connectivity index (χ3v) is 7.12. The number of benzene rings is 1. The molecule has 0 fully saturated rings. The Labute approximate surface area is 210 Å². The Balaban J connectivity index is 1.57. The van der Waals surface area contributed by atoms with Crippen LogP contribution in [0.5, 0.6) is 0 Å². The highest BCUT2D eigenvalue weighted by Gasteiger charge is 2.36. The summed E-state index contributed by atoms with van der Waals surface area (Å²) in [6.45, 7) is 11.7. The van der Waals surface area contributed by atoms with Crippen LogP contribution < -0.4 is 0 Å². The topological polar surface area (TPSA) is 58.4 Å². The summed E-state index contributed by atoms with van der Waals surface area (Å²) in [6, 6.07) is 5.22. The maximum Gasteiger partial charge on any atom is 0.273 e. The lowest BCUT2D eigenvalue weighted by molar-refractivity contribution is 0.0644. The molecule has 0 radical (unpaired) electrons. The summed E-state index contributed by atoms with van der Waals surface area (Å²) < 4.78 is 1.81. The van der Waals surface area contributed by atoms with Crippen molar-refractivity contribution in [2.24, 2.45) is 0 Å². The van der Waals surface area contributed by atoms with Crippen LogP contribution in [-0.2, 0) is 19.5 Å². The minimum atomic E-state index is -0.0848. The zero-order valence-electron chi connectivity index (χ0n) is 19.6. The van der Waals surface area contributed by atoms with E-state index in [-0.39, 0.29) is 17.9 Å². The van der Waals surface area contributed by atoms with Crippen LogP contribution in [0.15, 0.2) is 53.6 Å². The zero-order valence-corrected chi connectivity index (χ0v) is 21.2. The van der Waals surface area contributed by atoms with E-state index in [1.165, 1.54) is 0 Å². The number of nitrogens with zero attached hydrogens (tertiary/aromatic N) is 4. The highest BCUT2D eigenvalue weighted by molar-refractivity contribution is 6.31. The van der Waals surface area contributed by atoms with Gasteiger partial charge in [0.15, 0.2) is 0 Å². The maximum absolute atomic E-state index is 13.6. The fourth-order valence-corrected chi connectivity index (χ4v) is 4.65. The van der Waals surface area contributed by atoms with Gasteiger partial charge in [0.05, 0.1) is 24.8 Å². The van der Waals surface area contributed by atoms with E-state index in [0.29, 0.717) is 53.9 Å². The van der Waals surface area contributed by atoms with E-state index in [1.807, 2.05) is 48.6 Å². The van der Waals surface area contributed by atoms with Crippen LogP contribution in [0, 0.1) is 6.92 Å². The number of carbonyl (C=O) groups excluding carboxylic acids is 2. The second-order valence-electron chi connectivity index (χ2n) is 8.83. The summed E-state index contributed by atoms with van der Waals surface area (Å²) in [6.07, 6.45) is 6.13. The van der Waals surface area contributed by atoms with Gasteiger partial charge in [0, 0.05) is 40.7 Å². The monoisotopic (exact) mass is 498 g/mol. The summed E-state index contributed by atoms with van der Waals surface area (Å²) in [5.41, 5.74) is 4.86. The molecule has 0 spiro atoms. The third-order valence-electron chi connectivity index (χ3n) is 6.57. The molecule has 1 aromatic heterocycles. The van der Waals surface area contributed by atoms with E-state index in [0.717, 1.165) is 22.4 Å². The van der Waals surface area contributed by atoms with Crippen LogP contribution in [0.4, 0.5) is 0 Å². The molecule has 0 N–H and O–H groups in total. The average Bonchev–Trinajstić information content (AvgIpc) is 3.18. The first kappa shape index (κ1) is 24.3. The number of aromatic nitrogens is 2. The highest BCUT2D eigenvalue weighted by atomic mass is 35.5. The number of allylic oxidation sites excluding steroid dienone is 4. The number of rotatable bonds is 5. The van der Waals surface area contributed by atoms with Gasteiger partial charge in [-0.25, -0.2) is 0 Å². The molecule has 1 unspecified atom stereocenters. The van der Waals surface area contributed by atoms with Gasteiger partial charge in [0.2, 0.25) is 0 Å². The van der Waals surface area contributed by atoms with Crippen molar-refractivity contribution in [3.05, 3.63) is 86.7 Å². The fourth-order valence-electron chi connectivity index (χ4n) is 4.46. The third kappa shape index (κ3) is 4.70. The summed E-state index contributed by atoms with van der Waals surface area (Å²) in [5.74, 6) is -0.118. The van der Waals surface area contributed by atoms with Crippen LogP contribution in [0.25, 0.3) is 0 Å². The molecular formula is C26H28Cl2N4O2. The molecule has 6 nitrogen and oxygen atoms in total. The fraction of sp³-hybridized carbons (Fsp3) is 0.346. The Morgan fingerprint density at radius 1 is 1.26 bits per heavy atom. The van der Waals surface area contributed by atoms with Crippen molar-refractivity contribution in [2.75, 3.05) is 13.1 Å². The molecule has 2 aliphatic heterocycles. The molecule has 0 saturated carbocycles. The summed E-state index contributed by atoms with van der Waals surface area (Å²) in [7, 11) is 0. The molecule has 34 heavy (non-hydrogen) atoms. The lowest BCUT2D eigenvalue weighted by Gasteiger charge is -2.34. The molecular weight excluding hydrogens is 471 g/mol. The van der Waals surface area contributed by atoms with Gasteiger partial charge in [-0.2, -0.15) is 5.10 Å². The molecule has 3 heterocycles. The molecule has 2 aromatic rings. The lowest BCUT2D eigenvalue weighted by Crippen LogP contribution is -2.46. The first-order valence-electron chi connectivity index (χ1n) is 11.3. The molecule has 0 aliphatic carbocycles. The molecule has 0 saturated heterocycles. The van der Waals surface area contributed by atoms with E-state index in [1.54, 1.807) is 23.1 Å². The van der Waals surface area contributed by atoms with Gasteiger partial charge in [-0.15, -0.1) is 0 Å². The van der Waals surface area contributed by atoms with Gasteiger partial charge < -0.3 is 9.80 Å². The van der Waals surface area contributed by atoms with E-state index in [9.17, 15) is 9.59 Å². The Kier molecular flexibility index (Phi) is 7.01. The second-order valence-corrected chi connectivity index (χ2v) is 9.72. The van der Waals surface area contributed by atoms with E-state index >= 15 is 0 Å². The molecule has 0 bridgehead atoms. The molecule has 2 amide bonds. The van der Waals surface area contributed by atoms with Crippen molar-refractivity contribution in [1.29, 1.82) is 0 Å². The van der Waals surface area contributed by atoms with Crippen molar-refractivity contribution in [3.8, 4) is 0 Å². The van der Waals surface area contributed by atoms with Gasteiger partial charge in [0.25, 0.3) is 11.8 Å². The van der Waals surface area contributed by atoms with Crippen molar-refractivity contribution in [1.82, 2.24) is 19.6 Å². The van der Waals surface area contributed by atoms with Crippen LogP contribution in [-0.4, -0.2) is 50.5 Å². The summed E-state index contributed by atoms with van der Waals surface area (Å²) >= 11 is 11.9. The minimum Gasteiger partial charge on any atom is -0.334 e. The van der Waals surface area contributed by atoms with Gasteiger partial charge in [0.1, 0.15) is 5.69 Å². The lowest BCUT2D eigenvalue weighted by atomic mass is 10.0. The SMILES string of the molecule is C=C(Cl)/C=C\C=C(/C)C(C)N1CCn2nc3c(c2C1=O)CN(C(=O)c1ccc(Cl)c(C)c1)CC3. The first-order chi connectivity index (χ1) is 16.2. The Hall–Kier alpha value is -2.83. The Morgan fingerprint density at radius 3 is 2.74 bits per heavy atom. The Morgan fingerprint density at radius 2 is 2.03 bits per heavy atom. The number of hydrogen-bond acceptors (Lipinski definition) is 3. The highest BCUT2D eigenvalue weighted by Crippen LogP contribution is 2.29. The molecule has 1 aromatic carbocycles. The molecule has 4 rings (SSSR count). The Bertz CT molecular complexity index is 1230. The van der Waals surface area contributed by atoms with Gasteiger partial charge in [-0.1, -0.05) is 47.5 Å². The number of carbonyl (C=O) groups is 2. The summed E-state index contributed by atoms with van der Waals surface area (Å²) in [4.78, 5) is 30.4. The van der Waals surface area contributed by atoms with Crippen LogP contribution >= 0.6 is 23.2 Å². The number of amides is 2. The first-order valence-corrected chi connectivity index (χ1v) is 12.1. The van der Waals surface area contributed by atoms with Gasteiger partial charge in [-0.05, 0) is 50.6 Å². The number of aryl methyl sites for hydroxylation is 1. The van der Waals surface area contributed by atoms with Crippen molar-refractivity contribution >= 4 is 35.0 Å². The van der Waals surface area contributed by atoms with Crippen LogP contribution in [0.2, 0.25) is 5.02 Å². The molecule has 1 atom stereocenters. The van der Waals surface area contributed by atoms with Crippen molar-refractivity contribution < 1.29 is 9.59 Å². The quantitative estimate of drug-likeness (QED) is 0.536. The van der Waals surface area contributed by atoms with Crippen molar-refractivity contribution in [2.45, 2.75) is 46.3 Å². The van der Waals surface area contributed by atoms with Gasteiger partial charge >= 0.3 is 0 Å². The average molecular weight is 499 g/mol. The normalized spacial score (nSPS) is 17.1. The van der Waals surface area contributed by atoms with E-state index in [2.05, 4.69) is 6.58 Å². The molecule has 178 valence electrons. The van der Waals surface area contributed by atoms with Gasteiger partial charge in [-0.3, -0.25) is 14.3 Å². The zero-order chi connectivity index (χ0) is 24.6. The van der Waals surface area contributed by atoms with E-state index < -0.39 is 0 Å². The molecule has 8 heteroatoms. The minimum absolute atomic E-state index is 0.0531. The van der Waals surface area contributed by atoms with E-state index in [4.69, 9.17) is 28.3 Å². The predicted molar refractivity (Wildman–Crippen MR) is 135 cm³/mol. The number of hydrogen-bond donors (Lipinski definition) is 0. The maximum atomic E-state index is 13.6. The van der Waals surface area contributed by atoms with Crippen molar-refractivity contribution in [3.63, 3.8) is 0 Å². The number of fused-ring (bicyclic) bond motifs is 3. The van der Waals surface area contributed by atoms with Crippen LogP contribution in [0.1, 0.15) is 51.5 Å². The van der Waals surface area contributed by atoms with Crippen LogP contribution in [0.3, 0.4) is 0 Å². The second kappa shape index (κ2) is 9.80. The standard InChI is InChI=1S/C26H28Cl2N4O2/c1-16(6-5-7-18(3)27)19(4)31-12-13-32-24(26(31)34)21-15-30(11-10-23(21)29-32)25(33)20-8-9-22(28)17(2)14-20/h5-9,14,19H,3,10-13,15H2,1-2,4H3/b7-5-,16-6+. The smallest absolute Gasteiger partial charge is 0.273 e. The predicted octanol–water partition coefficient (Wildman–Crippen LogP) is 5.14. The largest absolute Gasteiger partial charge is 0.334 e. The number of halogens is 2. The molecule has 2 aliphatic rings.